The van der Waals surface area contributed by atoms with Gasteiger partial charge in [0.25, 0.3) is 11.8 Å². The minimum Gasteiger partial charge on any atom is -0.466 e. The molecule has 0 radical (unpaired) electrons. The zero-order valence-corrected chi connectivity index (χ0v) is 19.8. The first-order valence-electron chi connectivity index (χ1n) is 12.4. The Labute approximate surface area is 203 Å². The summed E-state index contributed by atoms with van der Waals surface area (Å²) in [6, 6.07) is 4.71. The van der Waals surface area contributed by atoms with Crippen molar-refractivity contribution in [2.24, 2.45) is 5.92 Å². The zero-order chi connectivity index (χ0) is 24.7. The Hall–Kier alpha value is -3.27. The number of piperidine rings is 2. The molecule has 10 heteroatoms. The average Bonchev–Trinajstić information content (AvgIpc) is 3.04. The van der Waals surface area contributed by atoms with Gasteiger partial charge >= 0.3 is 5.97 Å². The van der Waals surface area contributed by atoms with E-state index in [2.05, 4.69) is 15.1 Å². The van der Waals surface area contributed by atoms with Gasteiger partial charge in [0, 0.05) is 37.7 Å². The van der Waals surface area contributed by atoms with Crippen LogP contribution in [0.4, 0.5) is 5.69 Å². The van der Waals surface area contributed by atoms with Crippen molar-refractivity contribution in [3.05, 3.63) is 29.3 Å². The molecule has 3 saturated heterocycles. The van der Waals surface area contributed by atoms with E-state index >= 15 is 0 Å². The van der Waals surface area contributed by atoms with Crippen molar-refractivity contribution < 1.29 is 28.7 Å². The number of likely N-dealkylation sites (tertiary alicyclic amines) is 1. The van der Waals surface area contributed by atoms with E-state index in [9.17, 15) is 24.0 Å². The lowest BCUT2D eigenvalue weighted by atomic mass is 9.91. The van der Waals surface area contributed by atoms with E-state index in [-0.39, 0.29) is 24.7 Å². The van der Waals surface area contributed by atoms with Crippen molar-refractivity contribution >= 4 is 35.3 Å². The van der Waals surface area contributed by atoms with Crippen LogP contribution in [0.25, 0.3) is 0 Å². The van der Waals surface area contributed by atoms with Crippen molar-refractivity contribution in [2.75, 3.05) is 37.7 Å². The summed E-state index contributed by atoms with van der Waals surface area (Å²) in [5.41, 5.74) is 1.48. The number of hydrogen-bond acceptors (Lipinski definition) is 8. The van der Waals surface area contributed by atoms with Gasteiger partial charge in [0.1, 0.15) is 6.04 Å². The van der Waals surface area contributed by atoms with Crippen molar-refractivity contribution in [3.8, 4) is 0 Å². The van der Waals surface area contributed by atoms with Gasteiger partial charge < -0.3 is 9.64 Å². The number of hydrogen-bond donors (Lipinski definition) is 1. The highest BCUT2D eigenvalue weighted by Crippen LogP contribution is 2.33. The third-order valence-electron chi connectivity index (χ3n) is 7.58. The third-order valence-corrected chi connectivity index (χ3v) is 7.58. The van der Waals surface area contributed by atoms with Crippen LogP contribution in [0.3, 0.4) is 0 Å². The van der Waals surface area contributed by atoms with Gasteiger partial charge in [-0.2, -0.15) is 0 Å². The van der Waals surface area contributed by atoms with Gasteiger partial charge in [-0.3, -0.25) is 39.1 Å². The van der Waals surface area contributed by atoms with Crippen LogP contribution in [0, 0.1) is 5.92 Å². The molecule has 0 saturated carbocycles. The van der Waals surface area contributed by atoms with E-state index in [1.807, 2.05) is 13.0 Å². The molecule has 1 atom stereocenters. The Balaban J connectivity index is 1.17. The Morgan fingerprint density at radius 3 is 2.43 bits per heavy atom. The smallest absolute Gasteiger partial charge is 0.306 e. The van der Waals surface area contributed by atoms with Crippen LogP contribution in [0.1, 0.15) is 59.7 Å². The molecular formula is C25H30N4O6. The van der Waals surface area contributed by atoms with E-state index < -0.39 is 23.8 Å². The monoisotopic (exact) mass is 482 g/mol. The normalized spacial score (nSPS) is 23.9. The van der Waals surface area contributed by atoms with Gasteiger partial charge in [-0.1, -0.05) is 0 Å². The van der Waals surface area contributed by atoms with Crippen LogP contribution in [0.5, 0.6) is 0 Å². The number of imide groups is 2. The number of rotatable bonds is 6. The summed E-state index contributed by atoms with van der Waals surface area (Å²) < 4.78 is 5.07. The topological polar surface area (TPSA) is 116 Å². The second kappa shape index (κ2) is 9.41. The summed E-state index contributed by atoms with van der Waals surface area (Å²) >= 11 is 0. The van der Waals surface area contributed by atoms with Crippen LogP contribution >= 0.6 is 0 Å². The van der Waals surface area contributed by atoms with Crippen molar-refractivity contribution in [1.82, 2.24) is 15.1 Å². The molecule has 0 spiro atoms. The van der Waals surface area contributed by atoms with Gasteiger partial charge in [0.05, 0.1) is 17.7 Å². The molecule has 10 nitrogen and oxygen atoms in total. The Bertz CT molecular complexity index is 1070. The first-order valence-corrected chi connectivity index (χ1v) is 12.4. The number of fused-ring (bicyclic) bond motifs is 1. The lowest BCUT2D eigenvalue weighted by Gasteiger charge is -2.48. The second-order valence-corrected chi connectivity index (χ2v) is 9.72. The molecule has 3 fully saturated rings. The maximum absolute atomic E-state index is 13.1. The van der Waals surface area contributed by atoms with Crippen LogP contribution in [-0.2, 0) is 19.1 Å². The Morgan fingerprint density at radius 2 is 1.74 bits per heavy atom. The van der Waals surface area contributed by atoms with Crippen LogP contribution in [0.2, 0.25) is 0 Å². The lowest BCUT2D eigenvalue weighted by molar-refractivity contribution is -0.144. The molecule has 1 aromatic rings. The summed E-state index contributed by atoms with van der Waals surface area (Å²) in [6.07, 6.45) is 2.72. The molecule has 4 aliphatic rings. The number of carbonyl (C=O) groups is 5. The number of ether oxygens (including phenoxy) is 1. The van der Waals surface area contributed by atoms with Crippen LogP contribution in [-0.4, -0.2) is 84.3 Å². The van der Waals surface area contributed by atoms with Crippen LogP contribution < -0.4 is 10.2 Å². The second-order valence-electron chi connectivity index (χ2n) is 9.72. The minimum atomic E-state index is -0.955. The highest BCUT2D eigenvalue weighted by atomic mass is 16.5. The number of amides is 4. The van der Waals surface area contributed by atoms with Crippen LogP contribution in [0.15, 0.2) is 18.2 Å². The minimum absolute atomic E-state index is 0.101. The number of esters is 1. The molecule has 1 unspecified atom stereocenters. The predicted molar refractivity (Wildman–Crippen MR) is 125 cm³/mol. The molecule has 1 aromatic carbocycles. The largest absolute Gasteiger partial charge is 0.466 e. The fraction of sp³-hybridized carbons (Fsp3) is 0.560. The standard InChI is InChI=1S/C25H30N4O6/c1-2-35-22(31)11-15-7-9-27(10-8-15)17-13-28(14-17)16-3-4-18-19(12-16)25(34)29(24(18)33)20-5-6-21(30)26-23(20)32/h3-4,12,15,17,20H,2,5-11,13-14H2,1H3,(H,26,30,32). The van der Waals surface area contributed by atoms with Gasteiger partial charge in [0.2, 0.25) is 11.8 Å². The molecule has 4 aliphatic heterocycles. The SMILES string of the molecule is CCOC(=O)CC1CCN(C2CN(c3ccc4c(c3)C(=O)N(C3CCC(=O)NC3=O)C4=O)C2)CC1. The number of anilines is 1. The van der Waals surface area contributed by atoms with E-state index in [1.165, 1.54) is 0 Å². The highest BCUT2D eigenvalue weighted by molar-refractivity contribution is 6.23. The fourth-order valence-corrected chi connectivity index (χ4v) is 5.53. The van der Waals surface area contributed by atoms with Gasteiger partial charge in [-0.05, 0) is 63.4 Å². The molecule has 4 amide bonds. The zero-order valence-electron chi connectivity index (χ0n) is 19.8. The van der Waals surface area contributed by atoms with Crippen molar-refractivity contribution in [3.63, 3.8) is 0 Å². The first kappa shape index (κ1) is 23.5. The molecule has 0 bridgehead atoms. The lowest BCUT2D eigenvalue weighted by Crippen LogP contribution is -2.61. The molecular weight excluding hydrogens is 452 g/mol. The van der Waals surface area contributed by atoms with E-state index in [1.54, 1.807) is 12.1 Å². The Kier molecular flexibility index (Phi) is 6.31. The molecule has 4 heterocycles. The molecule has 5 rings (SSSR count). The highest BCUT2D eigenvalue weighted by Gasteiger charge is 2.45. The number of benzene rings is 1. The summed E-state index contributed by atoms with van der Waals surface area (Å²) in [5, 5.41) is 2.22. The first-order chi connectivity index (χ1) is 16.9. The summed E-state index contributed by atoms with van der Waals surface area (Å²) in [4.78, 5) is 67.0. The Morgan fingerprint density at radius 1 is 1.03 bits per heavy atom. The molecule has 35 heavy (non-hydrogen) atoms. The maximum atomic E-state index is 13.1. The molecule has 1 N–H and O–H groups in total. The molecule has 0 aromatic heterocycles. The third kappa shape index (κ3) is 4.42. The summed E-state index contributed by atoms with van der Waals surface area (Å²) in [7, 11) is 0. The molecule has 186 valence electrons. The maximum Gasteiger partial charge on any atom is 0.306 e. The van der Waals surface area contributed by atoms with Gasteiger partial charge in [0.15, 0.2) is 0 Å². The van der Waals surface area contributed by atoms with Crippen molar-refractivity contribution in [2.45, 2.75) is 51.1 Å². The van der Waals surface area contributed by atoms with Crippen molar-refractivity contribution in [1.29, 1.82) is 0 Å². The average molecular weight is 483 g/mol. The van der Waals surface area contributed by atoms with Gasteiger partial charge in [-0.15, -0.1) is 0 Å². The number of nitrogens with zero attached hydrogens (tertiary/aromatic N) is 3. The fourth-order valence-electron chi connectivity index (χ4n) is 5.53. The van der Waals surface area contributed by atoms with E-state index in [0.717, 1.165) is 49.6 Å². The number of nitrogens with one attached hydrogen (secondary N) is 1. The number of carbonyl (C=O) groups excluding carboxylic acids is 5. The summed E-state index contributed by atoms with van der Waals surface area (Å²) in [5.74, 6) is -1.69. The van der Waals surface area contributed by atoms with E-state index in [4.69, 9.17) is 4.74 Å². The van der Waals surface area contributed by atoms with E-state index in [0.29, 0.717) is 36.1 Å². The molecule has 0 aliphatic carbocycles. The quantitative estimate of drug-likeness (QED) is 0.471. The summed E-state index contributed by atoms with van der Waals surface area (Å²) in [6.45, 7) is 5.83. The predicted octanol–water partition coefficient (Wildman–Crippen LogP) is 0.942. The van der Waals surface area contributed by atoms with Gasteiger partial charge in [-0.25, -0.2) is 0 Å².